The second kappa shape index (κ2) is 10.6. The van der Waals surface area contributed by atoms with Crippen molar-refractivity contribution >= 4 is 5.96 Å². The summed E-state index contributed by atoms with van der Waals surface area (Å²) < 4.78 is 16.4. The number of nitrogens with one attached hydrogen (secondary N) is 2. The van der Waals surface area contributed by atoms with E-state index in [1.807, 2.05) is 38.1 Å². The van der Waals surface area contributed by atoms with E-state index < -0.39 is 0 Å². The quantitative estimate of drug-likeness (QED) is 0.391. The van der Waals surface area contributed by atoms with E-state index in [-0.39, 0.29) is 6.04 Å². The number of aryl methyl sites for hydroxylation is 1. The van der Waals surface area contributed by atoms with E-state index in [1.54, 1.807) is 6.26 Å². The molecule has 0 spiro atoms. The summed E-state index contributed by atoms with van der Waals surface area (Å²) >= 11 is 0. The fourth-order valence-corrected chi connectivity index (χ4v) is 2.38. The Balaban J connectivity index is 1.86. The molecule has 2 aromatic heterocycles. The zero-order chi connectivity index (χ0) is 17.9. The highest BCUT2D eigenvalue weighted by atomic mass is 16.5. The summed E-state index contributed by atoms with van der Waals surface area (Å²) in [7, 11) is 0. The second-order valence-electron chi connectivity index (χ2n) is 5.85. The number of guanidine groups is 1. The van der Waals surface area contributed by atoms with Crippen LogP contribution in [0.15, 0.2) is 44.4 Å². The van der Waals surface area contributed by atoms with Crippen molar-refractivity contribution in [3.63, 3.8) is 0 Å². The normalized spacial score (nSPS) is 13.0. The molecule has 0 aliphatic carbocycles. The van der Waals surface area contributed by atoms with Crippen molar-refractivity contribution < 1.29 is 13.6 Å². The van der Waals surface area contributed by atoms with Gasteiger partial charge in [-0.1, -0.05) is 0 Å². The molecule has 1 unspecified atom stereocenters. The van der Waals surface area contributed by atoms with Crippen LogP contribution in [-0.4, -0.2) is 32.3 Å². The molecule has 0 bridgehead atoms. The third-order valence-electron chi connectivity index (χ3n) is 3.71. The molecule has 6 nitrogen and oxygen atoms in total. The van der Waals surface area contributed by atoms with E-state index in [4.69, 9.17) is 13.6 Å². The number of hydrogen-bond acceptors (Lipinski definition) is 4. The maximum Gasteiger partial charge on any atom is 0.191 e. The van der Waals surface area contributed by atoms with Crippen LogP contribution >= 0.6 is 0 Å². The number of furan rings is 2. The van der Waals surface area contributed by atoms with E-state index in [1.165, 1.54) is 0 Å². The van der Waals surface area contributed by atoms with Crippen molar-refractivity contribution in [3.8, 4) is 0 Å². The van der Waals surface area contributed by atoms with Gasteiger partial charge in [-0.25, -0.2) is 0 Å². The summed E-state index contributed by atoms with van der Waals surface area (Å²) in [5.41, 5.74) is 0. The first-order chi connectivity index (χ1) is 12.2. The van der Waals surface area contributed by atoms with Crippen molar-refractivity contribution in [1.29, 1.82) is 0 Å². The lowest BCUT2D eigenvalue weighted by molar-refractivity contribution is 0.146. The highest BCUT2D eigenvalue weighted by Crippen LogP contribution is 2.15. The van der Waals surface area contributed by atoms with Gasteiger partial charge >= 0.3 is 0 Å². The van der Waals surface area contributed by atoms with Crippen molar-refractivity contribution in [2.75, 3.05) is 26.3 Å². The maximum atomic E-state index is 5.69. The van der Waals surface area contributed by atoms with Crippen LogP contribution in [0.3, 0.4) is 0 Å². The molecule has 2 rings (SSSR count). The smallest absolute Gasteiger partial charge is 0.191 e. The van der Waals surface area contributed by atoms with Gasteiger partial charge in [0.1, 0.15) is 17.3 Å². The minimum atomic E-state index is 0.0375. The molecular formula is C19H29N3O3. The van der Waals surface area contributed by atoms with Crippen LogP contribution in [-0.2, 0) is 11.2 Å². The average Bonchev–Trinajstić information content (AvgIpc) is 3.26. The van der Waals surface area contributed by atoms with Gasteiger partial charge in [0.25, 0.3) is 0 Å². The van der Waals surface area contributed by atoms with Gasteiger partial charge < -0.3 is 24.2 Å². The van der Waals surface area contributed by atoms with Crippen molar-refractivity contribution in [2.24, 2.45) is 4.99 Å². The Kier molecular flexibility index (Phi) is 8.12. The van der Waals surface area contributed by atoms with Gasteiger partial charge in [0, 0.05) is 32.7 Å². The molecule has 0 amide bonds. The zero-order valence-corrected chi connectivity index (χ0v) is 15.4. The Morgan fingerprint density at radius 1 is 1.32 bits per heavy atom. The molecule has 2 heterocycles. The first-order valence-electron chi connectivity index (χ1n) is 8.90. The van der Waals surface area contributed by atoms with E-state index in [2.05, 4.69) is 22.5 Å². The topological polar surface area (TPSA) is 71.9 Å². The molecule has 0 saturated carbocycles. The lowest BCUT2D eigenvalue weighted by atomic mass is 10.2. The molecule has 0 aromatic carbocycles. The standard InChI is InChI=1S/C19H29N3O3/c1-4-23-13-6-11-20-19(21-12-10-17-7-5-14-24-17)22-16(3)18-9-8-15(2)25-18/h5,7-9,14,16H,4,6,10-13H2,1-3H3,(H2,20,21,22). The van der Waals surface area contributed by atoms with E-state index in [0.29, 0.717) is 6.54 Å². The SMILES string of the molecule is CCOCCCN=C(NCCc1ccco1)NC(C)c1ccc(C)o1. The molecule has 2 N–H and O–H groups in total. The molecule has 0 aliphatic rings. The van der Waals surface area contributed by atoms with Crippen molar-refractivity contribution in [3.05, 3.63) is 47.8 Å². The summed E-state index contributed by atoms with van der Waals surface area (Å²) in [4.78, 5) is 4.63. The highest BCUT2D eigenvalue weighted by molar-refractivity contribution is 5.80. The molecular weight excluding hydrogens is 318 g/mol. The van der Waals surface area contributed by atoms with Gasteiger partial charge in [0.05, 0.1) is 12.3 Å². The average molecular weight is 347 g/mol. The van der Waals surface area contributed by atoms with Crippen molar-refractivity contribution in [2.45, 2.75) is 39.7 Å². The monoisotopic (exact) mass is 347 g/mol. The Bertz CT molecular complexity index is 620. The van der Waals surface area contributed by atoms with Gasteiger partial charge in [-0.15, -0.1) is 0 Å². The van der Waals surface area contributed by atoms with Gasteiger partial charge in [-0.05, 0) is 51.5 Å². The van der Waals surface area contributed by atoms with E-state index >= 15 is 0 Å². The first-order valence-corrected chi connectivity index (χ1v) is 8.90. The summed E-state index contributed by atoms with van der Waals surface area (Å²) in [6.07, 6.45) is 3.39. The summed E-state index contributed by atoms with van der Waals surface area (Å²) in [5, 5.41) is 6.74. The Hall–Kier alpha value is -2.21. The first kappa shape index (κ1) is 19.1. The maximum absolute atomic E-state index is 5.69. The number of ether oxygens (including phenoxy) is 1. The molecule has 0 aliphatic heterocycles. The third-order valence-corrected chi connectivity index (χ3v) is 3.71. The predicted octanol–water partition coefficient (Wildman–Crippen LogP) is 3.45. The minimum absolute atomic E-state index is 0.0375. The van der Waals surface area contributed by atoms with Gasteiger partial charge in [0.2, 0.25) is 0 Å². The number of hydrogen-bond donors (Lipinski definition) is 2. The number of nitrogens with zero attached hydrogens (tertiary/aromatic N) is 1. The van der Waals surface area contributed by atoms with Crippen LogP contribution in [0.5, 0.6) is 0 Å². The highest BCUT2D eigenvalue weighted by Gasteiger charge is 2.11. The number of rotatable bonds is 10. The lowest BCUT2D eigenvalue weighted by Gasteiger charge is -2.17. The number of aliphatic imine (C=N–C) groups is 1. The van der Waals surface area contributed by atoms with Crippen LogP contribution in [0, 0.1) is 6.92 Å². The Morgan fingerprint density at radius 3 is 2.88 bits per heavy atom. The summed E-state index contributed by atoms with van der Waals surface area (Å²) in [6.45, 7) is 8.93. The van der Waals surface area contributed by atoms with Gasteiger partial charge in [-0.3, -0.25) is 4.99 Å². The molecule has 0 fully saturated rings. The Morgan fingerprint density at radius 2 is 2.20 bits per heavy atom. The molecule has 25 heavy (non-hydrogen) atoms. The third kappa shape index (κ3) is 7.05. The van der Waals surface area contributed by atoms with Crippen LogP contribution in [0.2, 0.25) is 0 Å². The largest absolute Gasteiger partial charge is 0.469 e. The lowest BCUT2D eigenvalue weighted by Crippen LogP contribution is -2.39. The van der Waals surface area contributed by atoms with Crippen LogP contribution in [0.1, 0.15) is 43.6 Å². The van der Waals surface area contributed by atoms with Crippen LogP contribution in [0.25, 0.3) is 0 Å². The predicted molar refractivity (Wildman–Crippen MR) is 98.8 cm³/mol. The minimum Gasteiger partial charge on any atom is -0.469 e. The zero-order valence-electron chi connectivity index (χ0n) is 15.4. The molecule has 0 saturated heterocycles. The summed E-state index contributed by atoms with van der Waals surface area (Å²) in [5.74, 6) is 3.53. The van der Waals surface area contributed by atoms with Crippen LogP contribution < -0.4 is 10.6 Å². The van der Waals surface area contributed by atoms with E-state index in [0.717, 1.165) is 55.8 Å². The summed E-state index contributed by atoms with van der Waals surface area (Å²) in [6, 6.07) is 7.87. The van der Waals surface area contributed by atoms with E-state index in [9.17, 15) is 0 Å². The second-order valence-corrected chi connectivity index (χ2v) is 5.85. The van der Waals surface area contributed by atoms with Crippen LogP contribution in [0.4, 0.5) is 0 Å². The van der Waals surface area contributed by atoms with Gasteiger partial charge in [-0.2, -0.15) is 0 Å². The molecule has 0 radical (unpaired) electrons. The molecule has 1 atom stereocenters. The molecule has 6 heteroatoms. The molecule has 138 valence electrons. The fraction of sp³-hybridized carbons (Fsp3) is 0.526. The Labute approximate surface area is 149 Å². The fourth-order valence-electron chi connectivity index (χ4n) is 2.38. The molecule has 2 aromatic rings. The van der Waals surface area contributed by atoms with Crippen molar-refractivity contribution in [1.82, 2.24) is 10.6 Å². The van der Waals surface area contributed by atoms with Gasteiger partial charge in [0.15, 0.2) is 5.96 Å².